The van der Waals surface area contributed by atoms with Gasteiger partial charge in [-0.05, 0) is 30.1 Å². The molecule has 2 aliphatic rings. The lowest BCUT2D eigenvalue weighted by molar-refractivity contribution is 0.183. The summed E-state index contributed by atoms with van der Waals surface area (Å²) in [7, 11) is 0. The minimum absolute atomic E-state index is 1.08. The molecule has 0 saturated heterocycles. The molecule has 0 aromatic heterocycles. The average molecular weight is 307 g/mol. The van der Waals surface area contributed by atoms with Crippen LogP contribution < -0.4 is 0 Å². The van der Waals surface area contributed by atoms with Gasteiger partial charge in [-0.2, -0.15) is 0 Å². The largest absolute Gasteiger partial charge is 0.0654 e. The summed E-state index contributed by atoms with van der Waals surface area (Å²) in [6, 6.07) is 0. The Hall–Kier alpha value is 0. The van der Waals surface area contributed by atoms with Crippen molar-refractivity contribution in [2.75, 3.05) is 0 Å². The second-order valence-electron chi connectivity index (χ2n) is 8.65. The lowest BCUT2D eigenvalue weighted by Gasteiger charge is -2.34. The molecule has 22 heavy (non-hydrogen) atoms. The molecule has 130 valence electrons. The molecule has 2 fully saturated rings. The van der Waals surface area contributed by atoms with Gasteiger partial charge in [0.2, 0.25) is 0 Å². The molecule has 0 unspecified atom stereocenters. The maximum atomic E-state index is 2.35. The van der Waals surface area contributed by atoms with E-state index in [2.05, 4.69) is 13.8 Å². The second-order valence-corrected chi connectivity index (χ2v) is 8.65. The van der Waals surface area contributed by atoms with Gasteiger partial charge in [0.25, 0.3) is 0 Å². The van der Waals surface area contributed by atoms with Crippen molar-refractivity contribution in [3.63, 3.8) is 0 Å². The van der Waals surface area contributed by atoms with E-state index in [9.17, 15) is 0 Å². The van der Waals surface area contributed by atoms with Gasteiger partial charge in [0.15, 0.2) is 0 Å². The third kappa shape index (κ3) is 6.63. The zero-order valence-corrected chi connectivity index (χ0v) is 15.6. The van der Waals surface area contributed by atoms with Crippen molar-refractivity contribution < 1.29 is 0 Å². The maximum absolute atomic E-state index is 2.35. The Balaban J connectivity index is 1.54. The molecule has 0 atom stereocenters. The van der Waals surface area contributed by atoms with Gasteiger partial charge in [-0.1, -0.05) is 110 Å². The van der Waals surface area contributed by atoms with Crippen molar-refractivity contribution in [2.45, 2.75) is 117 Å². The summed E-state index contributed by atoms with van der Waals surface area (Å²) in [6.07, 6.45) is 24.3. The Labute approximate surface area is 140 Å². The fraction of sp³-hybridized carbons (Fsp3) is 1.00. The van der Waals surface area contributed by atoms with E-state index in [0.29, 0.717) is 0 Å². The van der Waals surface area contributed by atoms with Crippen LogP contribution >= 0.6 is 0 Å². The normalized spacial score (nSPS) is 33.0. The monoisotopic (exact) mass is 306 g/mol. The Kier molecular flexibility index (Phi) is 8.93. The molecule has 0 N–H and O–H groups in total. The van der Waals surface area contributed by atoms with E-state index in [1.807, 2.05) is 0 Å². The maximum Gasteiger partial charge on any atom is -0.0411 e. The van der Waals surface area contributed by atoms with E-state index in [1.165, 1.54) is 44.9 Å². The number of hydrogen-bond donors (Lipinski definition) is 0. The van der Waals surface area contributed by atoms with Crippen LogP contribution in [0.25, 0.3) is 0 Å². The summed E-state index contributed by atoms with van der Waals surface area (Å²) in [5, 5.41) is 0. The van der Waals surface area contributed by atoms with Gasteiger partial charge in [0, 0.05) is 0 Å². The van der Waals surface area contributed by atoms with Gasteiger partial charge in [-0.15, -0.1) is 0 Å². The van der Waals surface area contributed by atoms with Crippen LogP contribution in [-0.4, -0.2) is 0 Å². The smallest absolute Gasteiger partial charge is 0.0411 e. The van der Waals surface area contributed by atoms with Crippen LogP contribution in [-0.2, 0) is 0 Å². The fourth-order valence-corrected chi connectivity index (χ4v) is 5.25. The predicted molar refractivity (Wildman–Crippen MR) is 99.2 cm³/mol. The highest BCUT2D eigenvalue weighted by molar-refractivity contribution is 4.78. The summed E-state index contributed by atoms with van der Waals surface area (Å²) < 4.78 is 0. The van der Waals surface area contributed by atoms with Crippen molar-refractivity contribution in [2.24, 2.45) is 23.7 Å². The quantitative estimate of drug-likeness (QED) is 0.382. The first-order valence-corrected chi connectivity index (χ1v) is 10.8. The van der Waals surface area contributed by atoms with Crippen LogP contribution in [0.15, 0.2) is 0 Å². The molecule has 0 heterocycles. The Bertz CT molecular complexity index is 253. The van der Waals surface area contributed by atoms with Crippen molar-refractivity contribution in [1.82, 2.24) is 0 Å². The van der Waals surface area contributed by atoms with Crippen molar-refractivity contribution in [3.8, 4) is 0 Å². The van der Waals surface area contributed by atoms with E-state index in [1.54, 1.807) is 57.8 Å². The third-order valence-electron chi connectivity index (χ3n) is 6.76. The lowest BCUT2D eigenvalue weighted by Crippen LogP contribution is -2.21. The minimum atomic E-state index is 1.08. The SMILES string of the molecule is CCCCCCC1CCC(CC2CCC(CCC)CC2)CC1. The number of unbranched alkanes of at least 4 members (excludes halogenated alkanes) is 3. The van der Waals surface area contributed by atoms with Gasteiger partial charge >= 0.3 is 0 Å². The van der Waals surface area contributed by atoms with Crippen LogP contribution in [0.4, 0.5) is 0 Å². The molecular formula is C22H42. The second kappa shape index (κ2) is 10.7. The van der Waals surface area contributed by atoms with Gasteiger partial charge in [0.05, 0.1) is 0 Å². The Morgan fingerprint density at radius 1 is 0.500 bits per heavy atom. The summed E-state index contributed by atoms with van der Waals surface area (Å²) >= 11 is 0. The molecule has 0 bridgehead atoms. The number of hydrogen-bond acceptors (Lipinski definition) is 0. The first-order chi connectivity index (χ1) is 10.8. The summed E-state index contributed by atoms with van der Waals surface area (Å²) in [6.45, 7) is 4.67. The zero-order chi connectivity index (χ0) is 15.6. The van der Waals surface area contributed by atoms with Crippen LogP contribution in [0.5, 0.6) is 0 Å². The Morgan fingerprint density at radius 2 is 1.00 bits per heavy atom. The van der Waals surface area contributed by atoms with Crippen molar-refractivity contribution >= 4 is 0 Å². The van der Waals surface area contributed by atoms with Gasteiger partial charge < -0.3 is 0 Å². The molecule has 2 rings (SSSR count). The third-order valence-corrected chi connectivity index (χ3v) is 6.76. The predicted octanol–water partition coefficient (Wildman–Crippen LogP) is 7.76. The molecule has 0 aromatic carbocycles. The number of rotatable bonds is 9. The van der Waals surface area contributed by atoms with E-state index >= 15 is 0 Å². The van der Waals surface area contributed by atoms with Gasteiger partial charge in [-0.25, -0.2) is 0 Å². The molecular weight excluding hydrogens is 264 g/mol. The fourth-order valence-electron chi connectivity index (χ4n) is 5.25. The molecule has 0 amide bonds. The average Bonchev–Trinajstić information content (AvgIpc) is 2.55. The Morgan fingerprint density at radius 3 is 1.50 bits per heavy atom. The highest BCUT2D eigenvalue weighted by Gasteiger charge is 2.26. The highest BCUT2D eigenvalue weighted by atomic mass is 14.3. The topological polar surface area (TPSA) is 0 Å². The van der Waals surface area contributed by atoms with Crippen LogP contribution in [0, 0.1) is 23.7 Å². The van der Waals surface area contributed by atoms with Gasteiger partial charge in [-0.3, -0.25) is 0 Å². The van der Waals surface area contributed by atoms with E-state index in [4.69, 9.17) is 0 Å². The standard InChI is InChI=1S/C22H42/c1-3-5-6-7-9-20-12-16-22(17-13-20)18-21-14-10-19(8-4-2)11-15-21/h19-22H,3-18H2,1-2H3. The van der Waals surface area contributed by atoms with Crippen LogP contribution in [0.1, 0.15) is 117 Å². The summed E-state index contributed by atoms with van der Waals surface area (Å²) in [5.41, 5.74) is 0. The lowest BCUT2D eigenvalue weighted by atomic mass is 9.72. The molecule has 0 aliphatic heterocycles. The van der Waals surface area contributed by atoms with Crippen LogP contribution in [0.2, 0.25) is 0 Å². The zero-order valence-electron chi connectivity index (χ0n) is 15.6. The van der Waals surface area contributed by atoms with Gasteiger partial charge in [0.1, 0.15) is 0 Å². The molecule has 0 aromatic rings. The summed E-state index contributed by atoms with van der Waals surface area (Å²) in [4.78, 5) is 0. The first-order valence-electron chi connectivity index (χ1n) is 10.8. The molecule has 0 nitrogen and oxygen atoms in total. The summed E-state index contributed by atoms with van der Waals surface area (Å²) in [5.74, 6) is 4.37. The van der Waals surface area contributed by atoms with Crippen molar-refractivity contribution in [1.29, 1.82) is 0 Å². The van der Waals surface area contributed by atoms with Crippen LogP contribution in [0.3, 0.4) is 0 Å². The van der Waals surface area contributed by atoms with E-state index in [-0.39, 0.29) is 0 Å². The minimum Gasteiger partial charge on any atom is -0.0654 e. The molecule has 0 spiro atoms. The van der Waals surface area contributed by atoms with Crippen molar-refractivity contribution in [3.05, 3.63) is 0 Å². The molecule has 0 heteroatoms. The molecule has 0 radical (unpaired) electrons. The highest BCUT2D eigenvalue weighted by Crippen LogP contribution is 2.40. The van der Waals surface area contributed by atoms with E-state index in [0.717, 1.165) is 23.7 Å². The molecule has 2 aliphatic carbocycles. The van der Waals surface area contributed by atoms with E-state index < -0.39 is 0 Å². The molecule has 2 saturated carbocycles. The first kappa shape index (κ1) is 18.3.